The van der Waals surface area contributed by atoms with Crippen LogP contribution in [0.1, 0.15) is 39.5 Å². The summed E-state index contributed by atoms with van der Waals surface area (Å²) < 4.78 is 0. The SMILES string of the molecule is CCCCCC.[La]. The first-order valence-electron chi connectivity index (χ1n) is 2.91. The van der Waals surface area contributed by atoms with E-state index in [4.69, 9.17) is 0 Å². The number of hydrogen-bond acceptors (Lipinski definition) is 0. The summed E-state index contributed by atoms with van der Waals surface area (Å²) in [7, 11) is 0. The van der Waals surface area contributed by atoms with E-state index in [0.717, 1.165) is 0 Å². The number of rotatable bonds is 3. The van der Waals surface area contributed by atoms with Gasteiger partial charge >= 0.3 is 0 Å². The number of hydrogen-bond donors (Lipinski definition) is 0. The van der Waals surface area contributed by atoms with E-state index in [2.05, 4.69) is 13.8 Å². The second-order valence-electron chi connectivity index (χ2n) is 1.71. The van der Waals surface area contributed by atoms with Crippen LogP contribution in [0.15, 0.2) is 0 Å². The zero-order chi connectivity index (χ0) is 4.83. The molecule has 0 bridgehead atoms. The summed E-state index contributed by atoms with van der Waals surface area (Å²) in [4.78, 5) is 0. The van der Waals surface area contributed by atoms with E-state index in [1.807, 2.05) is 0 Å². The van der Waals surface area contributed by atoms with Crippen LogP contribution < -0.4 is 0 Å². The van der Waals surface area contributed by atoms with E-state index in [1.54, 1.807) is 0 Å². The fourth-order valence-electron chi connectivity index (χ4n) is 0.500. The van der Waals surface area contributed by atoms with Crippen LogP contribution in [0.25, 0.3) is 0 Å². The zero-order valence-corrected chi connectivity index (χ0v) is 9.03. The molecule has 0 atom stereocenters. The van der Waals surface area contributed by atoms with Gasteiger partial charge in [0.05, 0.1) is 0 Å². The second-order valence-corrected chi connectivity index (χ2v) is 1.71. The van der Waals surface area contributed by atoms with Gasteiger partial charge in [-0.05, 0) is 0 Å². The molecule has 0 spiro atoms. The average molecular weight is 225 g/mol. The van der Waals surface area contributed by atoms with Gasteiger partial charge in [-0.1, -0.05) is 39.5 Å². The first-order valence-corrected chi connectivity index (χ1v) is 2.91. The molecule has 41 valence electrons. The quantitative estimate of drug-likeness (QED) is 0.647. The van der Waals surface area contributed by atoms with Crippen molar-refractivity contribution in [3.8, 4) is 0 Å². The summed E-state index contributed by atoms with van der Waals surface area (Å²) in [6.45, 7) is 4.46. The van der Waals surface area contributed by atoms with E-state index < -0.39 is 0 Å². The molecule has 0 heterocycles. The molecule has 1 heteroatoms. The summed E-state index contributed by atoms with van der Waals surface area (Å²) >= 11 is 0. The van der Waals surface area contributed by atoms with Crippen LogP contribution in [0, 0.1) is 35.6 Å². The third-order valence-electron chi connectivity index (χ3n) is 0.957. The Labute approximate surface area is 74.7 Å². The standard InChI is InChI=1S/C6H14.La/c1-3-5-6-4-2;/h3-6H2,1-2H3;. The fourth-order valence-corrected chi connectivity index (χ4v) is 0.500. The molecule has 0 saturated carbocycles. The van der Waals surface area contributed by atoms with Gasteiger partial charge in [-0.2, -0.15) is 0 Å². The van der Waals surface area contributed by atoms with Crippen molar-refractivity contribution >= 4 is 0 Å². The molecular weight excluding hydrogens is 211 g/mol. The molecule has 1 radical (unpaired) electrons. The van der Waals surface area contributed by atoms with Crippen LogP contribution in [0.4, 0.5) is 0 Å². The minimum absolute atomic E-state index is 0. The maximum Gasteiger partial charge on any atom is 0 e. The molecule has 0 unspecified atom stereocenters. The van der Waals surface area contributed by atoms with E-state index in [-0.39, 0.29) is 35.6 Å². The Bertz CT molecular complexity index is 16.1. The molecule has 0 rings (SSSR count). The Hall–Kier alpha value is 1.19. The average Bonchev–Trinajstić information content (AvgIpc) is 1.61. The van der Waals surface area contributed by atoms with Crippen molar-refractivity contribution in [2.45, 2.75) is 39.5 Å². The molecule has 0 amide bonds. The van der Waals surface area contributed by atoms with Gasteiger partial charge in [0.15, 0.2) is 0 Å². The predicted molar refractivity (Wildman–Crippen MR) is 29.8 cm³/mol. The fraction of sp³-hybridized carbons (Fsp3) is 1.00. The van der Waals surface area contributed by atoms with Gasteiger partial charge in [-0.3, -0.25) is 0 Å². The summed E-state index contributed by atoms with van der Waals surface area (Å²) in [6.07, 6.45) is 5.54. The van der Waals surface area contributed by atoms with Crippen molar-refractivity contribution in [2.24, 2.45) is 0 Å². The normalized spacial score (nSPS) is 7.71. The minimum atomic E-state index is 0. The molecule has 0 aromatic carbocycles. The van der Waals surface area contributed by atoms with Crippen molar-refractivity contribution in [3.05, 3.63) is 0 Å². The molecule has 0 aliphatic rings. The molecule has 0 nitrogen and oxygen atoms in total. The molecule has 0 aliphatic carbocycles. The molecule has 0 fully saturated rings. The van der Waals surface area contributed by atoms with Crippen LogP contribution in [-0.4, -0.2) is 0 Å². The largest absolute Gasteiger partial charge is 0.0654 e. The molecule has 0 aliphatic heterocycles. The van der Waals surface area contributed by atoms with Gasteiger partial charge in [0, 0.05) is 35.6 Å². The summed E-state index contributed by atoms with van der Waals surface area (Å²) in [5.74, 6) is 0. The zero-order valence-electron chi connectivity index (χ0n) is 5.41. The predicted octanol–water partition coefficient (Wildman–Crippen LogP) is 2.59. The molecular formula is C6H14La. The Balaban J connectivity index is 0. The van der Waals surface area contributed by atoms with E-state index >= 15 is 0 Å². The van der Waals surface area contributed by atoms with E-state index in [1.165, 1.54) is 25.7 Å². The maximum absolute atomic E-state index is 2.23. The van der Waals surface area contributed by atoms with Crippen molar-refractivity contribution in [1.29, 1.82) is 0 Å². The smallest absolute Gasteiger partial charge is 0 e. The number of unbranched alkanes of at least 4 members (excludes halogenated alkanes) is 3. The van der Waals surface area contributed by atoms with Crippen LogP contribution in [-0.2, 0) is 0 Å². The molecule has 0 N–H and O–H groups in total. The van der Waals surface area contributed by atoms with E-state index in [9.17, 15) is 0 Å². The van der Waals surface area contributed by atoms with Crippen LogP contribution >= 0.6 is 0 Å². The van der Waals surface area contributed by atoms with Gasteiger partial charge < -0.3 is 0 Å². The Morgan fingerprint density at radius 2 is 1.14 bits per heavy atom. The van der Waals surface area contributed by atoms with Crippen LogP contribution in [0.3, 0.4) is 0 Å². The molecule has 0 aromatic heterocycles. The van der Waals surface area contributed by atoms with Crippen LogP contribution in [0.2, 0.25) is 0 Å². The molecule has 7 heavy (non-hydrogen) atoms. The van der Waals surface area contributed by atoms with Gasteiger partial charge in [0.2, 0.25) is 0 Å². The monoisotopic (exact) mass is 225 g/mol. The summed E-state index contributed by atoms with van der Waals surface area (Å²) in [6, 6.07) is 0. The first-order chi connectivity index (χ1) is 2.91. The van der Waals surface area contributed by atoms with Gasteiger partial charge in [-0.15, -0.1) is 0 Å². The summed E-state index contributed by atoms with van der Waals surface area (Å²) in [5.41, 5.74) is 0. The Kier molecular flexibility index (Phi) is 16.2. The van der Waals surface area contributed by atoms with Gasteiger partial charge in [-0.25, -0.2) is 0 Å². The van der Waals surface area contributed by atoms with Crippen molar-refractivity contribution in [3.63, 3.8) is 0 Å². The topological polar surface area (TPSA) is 0 Å². The van der Waals surface area contributed by atoms with E-state index in [0.29, 0.717) is 0 Å². The van der Waals surface area contributed by atoms with Crippen molar-refractivity contribution < 1.29 is 35.6 Å². The maximum atomic E-state index is 2.23. The first kappa shape index (κ1) is 11.1. The Morgan fingerprint density at radius 3 is 1.29 bits per heavy atom. The Morgan fingerprint density at radius 1 is 0.857 bits per heavy atom. The molecule has 0 aromatic rings. The van der Waals surface area contributed by atoms with Gasteiger partial charge in [0.1, 0.15) is 0 Å². The van der Waals surface area contributed by atoms with Gasteiger partial charge in [0.25, 0.3) is 0 Å². The summed E-state index contributed by atoms with van der Waals surface area (Å²) in [5, 5.41) is 0. The molecule has 0 saturated heterocycles. The minimum Gasteiger partial charge on any atom is -0.0654 e. The third-order valence-corrected chi connectivity index (χ3v) is 0.957. The van der Waals surface area contributed by atoms with Crippen LogP contribution in [0.5, 0.6) is 0 Å². The third kappa shape index (κ3) is 11.0. The van der Waals surface area contributed by atoms with Crippen molar-refractivity contribution in [1.82, 2.24) is 0 Å². The second kappa shape index (κ2) is 10.2. The van der Waals surface area contributed by atoms with Crippen molar-refractivity contribution in [2.75, 3.05) is 0 Å².